The van der Waals surface area contributed by atoms with Crippen LogP contribution in [0.15, 0.2) is 40.7 Å². The van der Waals surface area contributed by atoms with E-state index in [2.05, 4.69) is 21.3 Å². The van der Waals surface area contributed by atoms with Gasteiger partial charge in [-0.15, -0.1) is 0 Å². The molecule has 79 valence electrons. The van der Waals surface area contributed by atoms with Crippen LogP contribution in [-0.4, -0.2) is 16.9 Å². The Hall–Kier alpha value is -2.03. The maximum absolute atomic E-state index is 4.20. The second-order valence-electron chi connectivity index (χ2n) is 3.68. The minimum absolute atomic E-state index is 0.937. The molecule has 1 aromatic carbocycles. The second kappa shape index (κ2) is 4.66. The summed E-state index contributed by atoms with van der Waals surface area (Å²) >= 11 is 0. The molecule has 2 rings (SSSR count). The Labute approximate surface area is 94.6 Å². The van der Waals surface area contributed by atoms with Gasteiger partial charge in [0.25, 0.3) is 0 Å². The molecule has 0 spiro atoms. The van der Waals surface area contributed by atoms with E-state index in [1.54, 1.807) is 12.4 Å². The summed E-state index contributed by atoms with van der Waals surface area (Å²) in [6, 6.07) is 10.8. The number of nitrogens with zero attached hydrogens (tertiary/aromatic N) is 3. The van der Waals surface area contributed by atoms with Crippen molar-refractivity contribution >= 4 is 22.8 Å². The van der Waals surface area contributed by atoms with E-state index >= 15 is 0 Å². The van der Waals surface area contributed by atoms with Gasteiger partial charge in [-0.25, -0.2) is 0 Å². The Morgan fingerprint density at radius 1 is 1.38 bits per heavy atom. The summed E-state index contributed by atoms with van der Waals surface area (Å²) in [6.45, 7) is 3.83. The van der Waals surface area contributed by atoms with E-state index in [4.69, 9.17) is 0 Å². The molecule has 0 fully saturated rings. The normalized spacial score (nSPS) is 10.9. The molecule has 2 aromatic rings. The summed E-state index contributed by atoms with van der Waals surface area (Å²) in [4.78, 5) is 4.20. The van der Waals surface area contributed by atoms with Gasteiger partial charge in [0.2, 0.25) is 0 Å². The van der Waals surface area contributed by atoms with Crippen molar-refractivity contribution in [3.63, 3.8) is 0 Å². The number of fused-ring (bicyclic) bond motifs is 1. The number of rotatable bonds is 2. The first-order chi connectivity index (χ1) is 7.75. The molecule has 1 radical (unpaired) electrons. The zero-order valence-electron chi connectivity index (χ0n) is 9.31. The van der Waals surface area contributed by atoms with Crippen LogP contribution in [0.4, 0.5) is 0 Å². The first kappa shape index (κ1) is 10.5. The summed E-state index contributed by atoms with van der Waals surface area (Å²) < 4.78 is 0. The lowest BCUT2D eigenvalue weighted by molar-refractivity contribution is 1.23. The Morgan fingerprint density at radius 2 is 2.25 bits per heavy atom. The first-order valence-corrected chi connectivity index (χ1v) is 5.06. The van der Waals surface area contributed by atoms with Crippen molar-refractivity contribution in [2.24, 2.45) is 10.2 Å². The molecule has 0 bridgehead atoms. The molecular weight excluding hydrogens is 198 g/mol. The van der Waals surface area contributed by atoms with Crippen molar-refractivity contribution < 1.29 is 0 Å². The fourth-order valence-electron chi connectivity index (χ4n) is 1.33. The van der Waals surface area contributed by atoms with Gasteiger partial charge in [-0.05, 0) is 37.6 Å². The predicted molar refractivity (Wildman–Crippen MR) is 67.0 cm³/mol. The number of pyridine rings is 1. The molecule has 0 atom stereocenters. The van der Waals surface area contributed by atoms with Gasteiger partial charge in [0.05, 0.1) is 11.7 Å². The van der Waals surface area contributed by atoms with E-state index in [0.717, 1.165) is 22.2 Å². The monoisotopic (exact) mass is 210 g/mol. The van der Waals surface area contributed by atoms with Gasteiger partial charge in [0.1, 0.15) is 0 Å². The summed E-state index contributed by atoms with van der Waals surface area (Å²) in [5.41, 5.74) is 2.91. The number of hydrogen-bond donors (Lipinski definition) is 0. The molecule has 0 saturated heterocycles. The van der Waals surface area contributed by atoms with E-state index in [0.29, 0.717) is 0 Å². The van der Waals surface area contributed by atoms with Crippen LogP contribution in [0.2, 0.25) is 0 Å². The van der Waals surface area contributed by atoms with Gasteiger partial charge in [-0.3, -0.25) is 4.98 Å². The highest BCUT2D eigenvalue weighted by Gasteiger charge is 1.94. The van der Waals surface area contributed by atoms with Crippen molar-refractivity contribution in [1.82, 2.24) is 4.98 Å². The highest BCUT2D eigenvalue weighted by atomic mass is 15.2. The molecule has 0 aliphatic heterocycles. The Balaban J connectivity index is 2.33. The highest BCUT2D eigenvalue weighted by Crippen LogP contribution is 2.11. The van der Waals surface area contributed by atoms with Crippen LogP contribution in [0.25, 0.3) is 10.9 Å². The molecule has 3 heteroatoms. The van der Waals surface area contributed by atoms with Gasteiger partial charge < -0.3 is 0 Å². The maximum Gasteiger partial charge on any atom is 0.0702 e. The zero-order chi connectivity index (χ0) is 11.4. The molecule has 1 aromatic heterocycles. The lowest BCUT2D eigenvalue weighted by Gasteiger charge is -1.96. The van der Waals surface area contributed by atoms with Gasteiger partial charge in [-0.2, -0.15) is 10.2 Å². The average molecular weight is 210 g/mol. The van der Waals surface area contributed by atoms with E-state index in [-0.39, 0.29) is 0 Å². The predicted octanol–water partition coefficient (Wildman–Crippen LogP) is 2.85. The summed E-state index contributed by atoms with van der Waals surface area (Å²) in [5, 5.41) is 9.00. The Kier molecular flexibility index (Phi) is 3.05. The van der Waals surface area contributed by atoms with Crippen molar-refractivity contribution in [2.75, 3.05) is 0 Å². The third-order valence-electron chi connectivity index (χ3n) is 2.03. The van der Waals surface area contributed by atoms with Gasteiger partial charge >= 0.3 is 0 Å². The molecule has 0 aliphatic carbocycles. The standard InChI is InChI=1S/C13H12N3/c1-10(2)16-15-9-11-5-6-13-12(8-11)4-3-7-14-13/h4-9H,1-2H3. The Morgan fingerprint density at radius 3 is 3.06 bits per heavy atom. The number of benzene rings is 1. The van der Waals surface area contributed by atoms with Crippen molar-refractivity contribution in [3.05, 3.63) is 42.1 Å². The summed E-state index contributed by atoms with van der Waals surface area (Å²) in [6.07, 6.45) is 3.40. The molecule has 1 heterocycles. The minimum atomic E-state index is 0.937. The van der Waals surface area contributed by atoms with E-state index in [1.165, 1.54) is 0 Å². The quantitative estimate of drug-likeness (QED) is 0.554. The average Bonchev–Trinajstić information content (AvgIpc) is 2.28. The molecular formula is C13H12N3. The maximum atomic E-state index is 4.20. The summed E-state index contributed by atoms with van der Waals surface area (Å²) in [5.74, 6) is 0. The molecule has 0 N–H and O–H groups in total. The number of aromatic nitrogens is 1. The van der Waals surface area contributed by atoms with Crippen molar-refractivity contribution in [1.29, 1.82) is 0 Å². The third-order valence-corrected chi connectivity index (χ3v) is 2.03. The molecule has 3 nitrogen and oxygen atoms in total. The fraction of sp³-hybridized carbons (Fsp3) is 0.154. The topological polar surface area (TPSA) is 37.6 Å². The minimum Gasteiger partial charge on any atom is -0.256 e. The van der Waals surface area contributed by atoms with E-state index < -0.39 is 0 Å². The van der Waals surface area contributed by atoms with Crippen molar-refractivity contribution in [2.45, 2.75) is 13.8 Å². The summed E-state index contributed by atoms with van der Waals surface area (Å²) in [7, 11) is 0. The fourth-order valence-corrected chi connectivity index (χ4v) is 1.33. The van der Waals surface area contributed by atoms with Crippen LogP contribution in [0, 0.1) is 6.07 Å². The second-order valence-corrected chi connectivity index (χ2v) is 3.68. The van der Waals surface area contributed by atoms with Crippen molar-refractivity contribution in [3.8, 4) is 0 Å². The van der Waals surface area contributed by atoms with E-state index in [1.807, 2.05) is 38.1 Å². The number of hydrogen-bond acceptors (Lipinski definition) is 3. The zero-order valence-corrected chi connectivity index (χ0v) is 9.31. The highest BCUT2D eigenvalue weighted by molar-refractivity contribution is 5.89. The SMILES string of the molecule is CC(C)=NN=Cc1ccc2nc[c]cc2c1. The van der Waals surface area contributed by atoms with Crippen LogP contribution in [0.5, 0.6) is 0 Å². The van der Waals surface area contributed by atoms with Gasteiger partial charge in [-0.1, -0.05) is 6.07 Å². The Bertz CT molecular complexity index is 552. The van der Waals surface area contributed by atoms with Gasteiger partial charge in [0.15, 0.2) is 0 Å². The molecule has 16 heavy (non-hydrogen) atoms. The van der Waals surface area contributed by atoms with Crippen LogP contribution in [0.1, 0.15) is 19.4 Å². The molecule has 0 amide bonds. The van der Waals surface area contributed by atoms with Crippen LogP contribution in [0.3, 0.4) is 0 Å². The van der Waals surface area contributed by atoms with E-state index in [9.17, 15) is 0 Å². The van der Waals surface area contributed by atoms with Crippen LogP contribution in [-0.2, 0) is 0 Å². The largest absolute Gasteiger partial charge is 0.256 e. The first-order valence-electron chi connectivity index (χ1n) is 5.06. The van der Waals surface area contributed by atoms with Gasteiger partial charge in [0, 0.05) is 23.4 Å². The smallest absolute Gasteiger partial charge is 0.0702 e. The lowest BCUT2D eigenvalue weighted by Crippen LogP contribution is -1.84. The lowest BCUT2D eigenvalue weighted by atomic mass is 10.1. The molecule has 0 aliphatic rings. The molecule has 0 unspecified atom stereocenters. The van der Waals surface area contributed by atoms with Crippen LogP contribution < -0.4 is 0 Å². The third kappa shape index (κ3) is 2.51. The molecule has 0 saturated carbocycles. The van der Waals surface area contributed by atoms with Crippen LogP contribution >= 0.6 is 0 Å².